The lowest BCUT2D eigenvalue weighted by Crippen LogP contribution is -2.45. The first kappa shape index (κ1) is 58.1. The van der Waals surface area contributed by atoms with Crippen LogP contribution in [0.15, 0.2) is 36.5 Å². The fourth-order valence-corrected chi connectivity index (χ4v) is 7.80. The predicted molar refractivity (Wildman–Crippen MR) is 259 cm³/mol. The molecule has 0 aromatic heterocycles. The number of hydrogen-bond donors (Lipinski definition) is 3. The zero-order chi connectivity index (χ0) is 43.7. The van der Waals surface area contributed by atoms with Gasteiger partial charge in [-0.05, 0) is 83.5 Å². The van der Waals surface area contributed by atoms with Crippen LogP contribution < -0.4 is 5.32 Å². The summed E-state index contributed by atoms with van der Waals surface area (Å²) in [5, 5.41) is 23.0. The van der Waals surface area contributed by atoms with E-state index in [0.29, 0.717) is 19.4 Å². The molecular formula is C54H101NO5. The molecule has 0 spiro atoms. The number of carbonyl (C=O) groups is 2. The van der Waals surface area contributed by atoms with Crippen molar-refractivity contribution in [2.45, 2.75) is 283 Å². The van der Waals surface area contributed by atoms with E-state index in [0.717, 1.165) is 70.6 Å². The first-order valence-corrected chi connectivity index (χ1v) is 26.3. The van der Waals surface area contributed by atoms with Gasteiger partial charge in [0.2, 0.25) is 5.91 Å². The molecule has 0 saturated carbocycles. The fourth-order valence-electron chi connectivity index (χ4n) is 7.80. The molecule has 0 radical (unpaired) electrons. The van der Waals surface area contributed by atoms with Crippen molar-refractivity contribution in [3.8, 4) is 0 Å². The van der Waals surface area contributed by atoms with Gasteiger partial charge in [0, 0.05) is 12.8 Å². The molecule has 60 heavy (non-hydrogen) atoms. The van der Waals surface area contributed by atoms with E-state index in [4.69, 9.17) is 4.74 Å². The van der Waals surface area contributed by atoms with E-state index in [2.05, 4.69) is 43.5 Å². The van der Waals surface area contributed by atoms with Crippen LogP contribution in [0.25, 0.3) is 0 Å². The van der Waals surface area contributed by atoms with Gasteiger partial charge in [0.1, 0.15) is 0 Å². The van der Waals surface area contributed by atoms with Crippen LogP contribution in [0.4, 0.5) is 0 Å². The number of esters is 1. The highest BCUT2D eigenvalue weighted by molar-refractivity contribution is 5.76. The molecule has 2 unspecified atom stereocenters. The molecule has 0 aromatic carbocycles. The number of allylic oxidation sites excluding steroid dienone is 5. The van der Waals surface area contributed by atoms with Gasteiger partial charge >= 0.3 is 5.97 Å². The third-order valence-electron chi connectivity index (χ3n) is 11.9. The summed E-state index contributed by atoms with van der Waals surface area (Å²) in [6.45, 7) is 4.84. The van der Waals surface area contributed by atoms with Crippen molar-refractivity contribution in [3.63, 3.8) is 0 Å². The monoisotopic (exact) mass is 844 g/mol. The quantitative estimate of drug-likeness (QED) is 0.0322. The molecule has 2 atom stereocenters. The van der Waals surface area contributed by atoms with Crippen molar-refractivity contribution >= 4 is 11.9 Å². The predicted octanol–water partition coefficient (Wildman–Crippen LogP) is 15.7. The van der Waals surface area contributed by atoms with Crippen LogP contribution in [0.5, 0.6) is 0 Å². The van der Waals surface area contributed by atoms with Crippen molar-refractivity contribution in [2.24, 2.45) is 0 Å². The normalized spacial score (nSPS) is 12.9. The van der Waals surface area contributed by atoms with Gasteiger partial charge in [0.25, 0.3) is 0 Å². The van der Waals surface area contributed by atoms with E-state index in [1.807, 2.05) is 6.08 Å². The highest BCUT2D eigenvalue weighted by atomic mass is 16.5. The van der Waals surface area contributed by atoms with Crippen molar-refractivity contribution in [1.82, 2.24) is 5.32 Å². The number of unbranched alkanes of at least 4 members (excludes halogenated alkanes) is 33. The molecule has 0 aromatic rings. The first-order valence-electron chi connectivity index (χ1n) is 26.3. The molecule has 0 bridgehead atoms. The second-order valence-corrected chi connectivity index (χ2v) is 17.8. The average molecular weight is 844 g/mol. The Bertz CT molecular complexity index is 977. The Hall–Kier alpha value is -1.92. The van der Waals surface area contributed by atoms with Gasteiger partial charge < -0.3 is 20.3 Å². The fraction of sp³-hybridized carbons (Fsp3) is 0.852. The van der Waals surface area contributed by atoms with Gasteiger partial charge in [-0.2, -0.15) is 0 Å². The molecule has 0 aliphatic carbocycles. The molecule has 0 aliphatic heterocycles. The van der Waals surface area contributed by atoms with Crippen LogP contribution in [0.3, 0.4) is 0 Å². The maximum Gasteiger partial charge on any atom is 0.305 e. The van der Waals surface area contributed by atoms with Crippen molar-refractivity contribution in [1.29, 1.82) is 0 Å². The molecule has 0 rings (SSSR count). The lowest BCUT2D eigenvalue weighted by molar-refractivity contribution is -0.143. The Kier molecular flexibility index (Phi) is 48.1. The molecule has 0 fully saturated rings. The zero-order valence-electron chi connectivity index (χ0n) is 39.9. The summed E-state index contributed by atoms with van der Waals surface area (Å²) in [5.74, 6) is -0.117. The largest absolute Gasteiger partial charge is 0.466 e. The summed E-state index contributed by atoms with van der Waals surface area (Å²) in [5.41, 5.74) is 0. The Labute approximate surface area is 373 Å². The molecule has 0 aliphatic rings. The molecule has 6 nitrogen and oxygen atoms in total. The Morgan fingerprint density at radius 3 is 1.20 bits per heavy atom. The van der Waals surface area contributed by atoms with E-state index in [-0.39, 0.29) is 18.5 Å². The van der Waals surface area contributed by atoms with Crippen molar-refractivity contribution < 1.29 is 24.5 Å². The maximum absolute atomic E-state index is 12.4. The summed E-state index contributed by atoms with van der Waals surface area (Å²) in [7, 11) is 0. The summed E-state index contributed by atoms with van der Waals surface area (Å²) in [6.07, 6.45) is 60.0. The number of rotatable bonds is 48. The van der Waals surface area contributed by atoms with Gasteiger partial charge in [-0.1, -0.05) is 211 Å². The Morgan fingerprint density at radius 1 is 0.450 bits per heavy atom. The van der Waals surface area contributed by atoms with E-state index >= 15 is 0 Å². The van der Waals surface area contributed by atoms with Crippen molar-refractivity contribution in [3.05, 3.63) is 36.5 Å². The maximum atomic E-state index is 12.4. The Morgan fingerprint density at radius 2 is 0.783 bits per heavy atom. The molecule has 1 amide bonds. The van der Waals surface area contributed by atoms with Crippen LogP contribution >= 0.6 is 0 Å². The van der Waals surface area contributed by atoms with Gasteiger partial charge in [-0.3, -0.25) is 9.59 Å². The summed E-state index contributed by atoms with van der Waals surface area (Å²) >= 11 is 0. The highest BCUT2D eigenvalue weighted by Crippen LogP contribution is 2.15. The average Bonchev–Trinajstić information content (AvgIpc) is 3.25. The lowest BCUT2D eigenvalue weighted by Gasteiger charge is -2.19. The zero-order valence-corrected chi connectivity index (χ0v) is 39.9. The van der Waals surface area contributed by atoms with Gasteiger partial charge in [0.15, 0.2) is 0 Å². The van der Waals surface area contributed by atoms with E-state index in [1.54, 1.807) is 6.08 Å². The van der Waals surface area contributed by atoms with Crippen LogP contribution in [-0.4, -0.2) is 47.4 Å². The first-order chi connectivity index (χ1) is 29.5. The minimum Gasteiger partial charge on any atom is -0.466 e. The van der Waals surface area contributed by atoms with Crippen LogP contribution in [0.1, 0.15) is 271 Å². The molecular weight excluding hydrogens is 743 g/mol. The summed E-state index contributed by atoms with van der Waals surface area (Å²) in [6, 6.07) is -0.647. The molecule has 3 N–H and O–H groups in total. The van der Waals surface area contributed by atoms with Crippen molar-refractivity contribution in [2.75, 3.05) is 13.2 Å². The van der Waals surface area contributed by atoms with E-state index in [9.17, 15) is 19.8 Å². The molecule has 352 valence electrons. The minimum atomic E-state index is -0.861. The summed E-state index contributed by atoms with van der Waals surface area (Å²) in [4.78, 5) is 24.4. The molecule has 6 heteroatoms. The standard InChI is InChI=1S/C54H101NO5/c1-3-5-7-9-11-13-15-17-18-19-20-21-24-28-32-36-40-44-48-54(59)60-49-45-41-37-33-29-25-22-23-27-31-35-39-43-47-53(58)55-51(50-56)52(57)46-42-38-34-30-26-16-14-12-10-8-6-4-2/h18-19,23,27,42,46,51-52,56-57H,3-17,20-22,24-26,28-41,43-45,47-50H2,1-2H3,(H,55,58)/b19-18-,27-23-,46-42+. The molecule has 0 saturated heterocycles. The second-order valence-electron chi connectivity index (χ2n) is 17.8. The summed E-state index contributed by atoms with van der Waals surface area (Å²) < 4.78 is 5.46. The highest BCUT2D eigenvalue weighted by Gasteiger charge is 2.18. The topological polar surface area (TPSA) is 95.9 Å². The third-order valence-corrected chi connectivity index (χ3v) is 11.9. The lowest BCUT2D eigenvalue weighted by atomic mass is 10.1. The number of ether oxygens (including phenoxy) is 1. The third kappa shape index (κ3) is 45.6. The molecule has 0 heterocycles. The number of aliphatic hydroxyl groups excluding tert-OH is 2. The van der Waals surface area contributed by atoms with Crippen LogP contribution in [0.2, 0.25) is 0 Å². The SMILES string of the molecule is CCCCCCCCC/C=C\CCCCCCCCCC(=O)OCCCCCCCC/C=C\CCCCCC(=O)NC(CO)C(O)/C=C/CCCCCCCCCCCC. The smallest absolute Gasteiger partial charge is 0.305 e. The number of nitrogens with one attached hydrogen (secondary N) is 1. The number of carbonyl (C=O) groups excluding carboxylic acids is 2. The minimum absolute atomic E-state index is 0.0177. The Balaban J connectivity index is 3.50. The van der Waals surface area contributed by atoms with E-state index in [1.165, 1.54) is 173 Å². The number of hydrogen-bond acceptors (Lipinski definition) is 5. The number of aliphatic hydroxyl groups is 2. The second kappa shape index (κ2) is 49.7. The van der Waals surface area contributed by atoms with Crippen LogP contribution in [-0.2, 0) is 14.3 Å². The number of amides is 1. The van der Waals surface area contributed by atoms with E-state index < -0.39 is 12.1 Å². The van der Waals surface area contributed by atoms with Gasteiger partial charge in [0.05, 0.1) is 25.4 Å². The van der Waals surface area contributed by atoms with Crippen LogP contribution in [0, 0.1) is 0 Å². The van der Waals surface area contributed by atoms with Gasteiger partial charge in [-0.15, -0.1) is 0 Å². The van der Waals surface area contributed by atoms with Gasteiger partial charge in [-0.25, -0.2) is 0 Å².